The van der Waals surface area contributed by atoms with Gasteiger partial charge in [-0.15, -0.1) is 13.2 Å². The van der Waals surface area contributed by atoms with Crippen LogP contribution in [0.2, 0.25) is 0 Å². The van der Waals surface area contributed by atoms with Gasteiger partial charge in [0.25, 0.3) is 5.91 Å². The first-order valence-electron chi connectivity index (χ1n) is 6.10. The molecule has 0 aliphatic rings. The Bertz CT molecular complexity index is 681. The second kappa shape index (κ2) is 5.88. The molecule has 0 aromatic heterocycles. The fourth-order valence-corrected chi connectivity index (χ4v) is 1.84. The molecule has 0 fully saturated rings. The number of carboxylic acid groups (broad SMARTS) is 1. The van der Waals surface area contributed by atoms with Crippen molar-refractivity contribution in [3.05, 3.63) is 65.7 Å². The predicted molar refractivity (Wildman–Crippen MR) is 72.7 cm³/mol. The first kappa shape index (κ1) is 15.6. The van der Waals surface area contributed by atoms with Crippen molar-refractivity contribution >= 4 is 17.6 Å². The van der Waals surface area contributed by atoms with E-state index >= 15 is 0 Å². The van der Waals surface area contributed by atoms with Crippen LogP contribution in [0.3, 0.4) is 0 Å². The van der Waals surface area contributed by atoms with E-state index in [2.05, 4.69) is 0 Å². The van der Waals surface area contributed by atoms with Crippen molar-refractivity contribution in [2.24, 2.45) is 0 Å². The summed E-state index contributed by atoms with van der Waals surface area (Å²) < 4.78 is 39.5. The topological polar surface area (TPSA) is 57.6 Å². The van der Waals surface area contributed by atoms with Crippen molar-refractivity contribution in [3.63, 3.8) is 0 Å². The number of halogens is 3. The van der Waals surface area contributed by atoms with E-state index in [1.54, 1.807) is 0 Å². The molecule has 1 amide bonds. The molecule has 0 spiro atoms. The van der Waals surface area contributed by atoms with Gasteiger partial charge in [0, 0.05) is 5.56 Å². The van der Waals surface area contributed by atoms with Crippen LogP contribution in [0.5, 0.6) is 0 Å². The highest BCUT2D eigenvalue weighted by molar-refractivity contribution is 6.06. The van der Waals surface area contributed by atoms with Gasteiger partial charge in [-0.1, -0.05) is 18.2 Å². The smallest absolute Gasteiger partial charge is 0.478 e. The monoisotopic (exact) mass is 309 g/mol. The Labute approximate surface area is 123 Å². The average Bonchev–Trinajstić information content (AvgIpc) is 2.47. The van der Waals surface area contributed by atoms with Crippen molar-refractivity contribution in [3.8, 4) is 0 Å². The van der Waals surface area contributed by atoms with E-state index in [4.69, 9.17) is 5.11 Å². The van der Waals surface area contributed by atoms with Gasteiger partial charge >= 0.3 is 12.3 Å². The molecular formula is C15H10F3NO3. The maximum absolute atomic E-state index is 13.2. The molecule has 0 heterocycles. The minimum absolute atomic E-state index is 0.116. The van der Waals surface area contributed by atoms with Crippen LogP contribution < -0.4 is 4.90 Å². The normalized spacial score (nSPS) is 11.0. The Morgan fingerprint density at radius 2 is 1.36 bits per heavy atom. The second-order valence-corrected chi connectivity index (χ2v) is 4.33. The Hall–Kier alpha value is -2.83. The highest BCUT2D eigenvalue weighted by Crippen LogP contribution is 2.30. The highest BCUT2D eigenvalue weighted by atomic mass is 19.4. The lowest BCUT2D eigenvalue weighted by Crippen LogP contribution is -2.43. The molecule has 4 nitrogen and oxygen atoms in total. The first-order chi connectivity index (χ1) is 10.3. The number of para-hydroxylation sites is 1. The standard InChI is InChI=1S/C15H10F3NO3/c16-15(17,18)19(12-4-2-1-3-5-12)13(20)10-6-8-11(9-7-10)14(21)22/h1-9H,(H,21,22). The number of carboxylic acids is 1. The number of amides is 1. The number of anilines is 1. The fourth-order valence-electron chi connectivity index (χ4n) is 1.84. The van der Waals surface area contributed by atoms with Gasteiger partial charge in [0.15, 0.2) is 0 Å². The van der Waals surface area contributed by atoms with Crippen LogP contribution in [0.1, 0.15) is 20.7 Å². The summed E-state index contributed by atoms with van der Waals surface area (Å²) in [5.74, 6) is -2.51. The van der Waals surface area contributed by atoms with Crippen molar-refractivity contribution in [2.45, 2.75) is 6.30 Å². The molecule has 0 unspecified atom stereocenters. The van der Waals surface area contributed by atoms with Gasteiger partial charge in [-0.3, -0.25) is 4.79 Å². The zero-order chi connectivity index (χ0) is 16.3. The summed E-state index contributed by atoms with van der Waals surface area (Å²) in [5, 5.41) is 8.76. The molecule has 0 bridgehead atoms. The third kappa shape index (κ3) is 3.25. The van der Waals surface area contributed by atoms with Crippen LogP contribution in [-0.2, 0) is 0 Å². The summed E-state index contributed by atoms with van der Waals surface area (Å²) in [6, 6.07) is 10.9. The van der Waals surface area contributed by atoms with Crippen LogP contribution >= 0.6 is 0 Å². The lowest BCUT2D eigenvalue weighted by Gasteiger charge is -2.25. The van der Waals surface area contributed by atoms with Crippen molar-refractivity contribution in [1.29, 1.82) is 0 Å². The van der Waals surface area contributed by atoms with E-state index in [0.29, 0.717) is 0 Å². The maximum Gasteiger partial charge on any atom is 0.491 e. The van der Waals surface area contributed by atoms with Gasteiger partial charge in [0.2, 0.25) is 0 Å². The van der Waals surface area contributed by atoms with Gasteiger partial charge < -0.3 is 5.11 Å². The molecular weight excluding hydrogens is 299 g/mol. The molecule has 114 valence electrons. The van der Waals surface area contributed by atoms with Crippen LogP contribution in [0.15, 0.2) is 54.6 Å². The number of hydrogen-bond donors (Lipinski definition) is 1. The van der Waals surface area contributed by atoms with Crippen LogP contribution in [0, 0.1) is 0 Å². The average molecular weight is 309 g/mol. The number of hydrogen-bond acceptors (Lipinski definition) is 2. The molecule has 2 rings (SSSR count). The Morgan fingerprint density at radius 3 is 1.82 bits per heavy atom. The summed E-state index contributed by atoms with van der Waals surface area (Å²) in [6.07, 6.45) is -4.90. The molecule has 2 aromatic rings. The van der Waals surface area contributed by atoms with E-state index < -0.39 is 18.2 Å². The summed E-state index contributed by atoms with van der Waals surface area (Å²) >= 11 is 0. The Morgan fingerprint density at radius 1 is 0.864 bits per heavy atom. The van der Waals surface area contributed by atoms with E-state index in [1.807, 2.05) is 0 Å². The third-order valence-corrected chi connectivity index (χ3v) is 2.85. The molecule has 0 atom stereocenters. The molecule has 22 heavy (non-hydrogen) atoms. The second-order valence-electron chi connectivity index (χ2n) is 4.33. The molecule has 1 N–H and O–H groups in total. The number of aromatic carboxylic acids is 1. The summed E-state index contributed by atoms with van der Waals surface area (Å²) in [5.41, 5.74) is -0.691. The Balaban J connectivity index is 2.40. The van der Waals surface area contributed by atoms with Crippen LogP contribution in [-0.4, -0.2) is 23.3 Å². The molecule has 0 aliphatic carbocycles. The largest absolute Gasteiger partial charge is 0.491 e. The van der Waals surface area contributed by atoms with Gasteiger partial charge in [0.05, 0.1) is 11.3 Å². The third-order valence-electron chi connectivity index (χ3n) is 2.85. The quantitative estimate of drug-likeness (QED) is 0.882. The van der Waals surface area contributed by atoms with Gasteiger partial charge in [-0.25, -0.2) is 9.69 Å². The van der Waals surface area contributed by atoms with Gasteiger partial charge in [0.1, 0.15) is 0 Å². The molecule has 0 radical (unpaired) electrons. The van der Waals surface area contributed by atoms with E-state index in [9.17, 15) is 22.8 Å². The maximum atomic E-state index is 13.2. The zero-order valence-electron chi connectivity index (χ0n) is 11.0. The molecule has 2 aromatic carbocycles. The first-order valence-corrected chi connectivity index (χ1v) is 6.10. The lowest BCUT2D eigenvalue weighted by molar-refractivity contribution is -0.122. The Kier molecular flexibility index (Phi) is 4.16. The molecule has 0 aliphatic heterocycles. The summed E-state index contributed by atoms with van der Waals surface area (Å²) in [4.78, 5) is 22.6. The van der Waals surface area contributed by atoms with E-state index in [-0.39, 0.29) is 21.7 Å². The van der Waals surface area contributed by atoms with Crippen molar-refractivity contribution in [1.82, 2.24) is 0 Å². The van der Waals surface area contributed by atoms with E-state index in [0.717, 1.165) is 36.4 Å². The number of benzene rings is 2. The molecule has 0 saturated heterocycles. The number of alkyl halides is 3. The van der Waals surface area contributed by atoms with Crippen molar-refractivity contribution < 1.29 is 27.9 Å². The SMILES string of the molecule is O=C(O)c1ccc(C(=O)N(c2ccccc2)C(F)(F)F)cc1. The molecule has 0 saturated carbocycles. The number of carbonyl (C=O) groups excluding carboxylic acids is 1. The lowest BCUT2D eigenvalue weighted by atomic mass is 10.1. The van der Waals surface area contributed by atoms with Gasteiger partial charge in [-0.05, 0) is 36.4 Å². The number of rotatable bonds is 3. The number of carbonyl (C=O) groups is 2. The van der Waals surface area contributed by atoms with Gasteiger partial charge in [-0.2, -0.15) is 0 Å². The van der Waals surface area contributed by atoms with Crippen LogP contribution in [0.4, 0.5) is 18.9 Å². The van der Waals surface area contributed by atoms with Crippen molar-refractivity contribution in [2.75, 3.05) is 4.90 Å². The highest BCUT2D eigenvalue weighted by Gasteiger charge is 2.42. The minimum atomic E-state index is -4.90. The van der Waals surface area contributed by atoms with E-state index in [1.165, 1.54) is 18.2 Å². The molecule has 7 heteroatoms. The fraction of sp³-hybridized carbons (Fsp3) is 0.0667. The number of nitrogens with zero attached hydrogens (tertiary/aromatic N) is 1. The minimum Gasteiger partial charge on any atom is -0.478 e. The zero-order valence-corrected chi connectivity index (χ0v) is 11.0. The summed E-state index contributed by atoms with van der Waals surface area (Å²) in [7, 11) is 0. The summed E-state index contributed by atoms with van der Waals surface area (Å²) in [6.45, 7) is 0. The van der Waals surface area contributed by atoms with Crippen LogP contribution in [0.25, 0.3) is 0 Å². The predicted octanol–water partition coefficient (Wildman–Crippen LogP) is 3.55.